The van der Waals surface area contributed by atoms with Crippen LogP contribution in [0.25, 0.3) is 0 Å². The average molecular weight is 292 g/mol. The number of β-amino-alcohol motifs (C(OH)–C–C–N with tert-alkyl or cyclic N) is 1. The standard InChI is InChI=1S/C10H14ClN3O5/c11-8-1-2-9(13(16)17)5-10(8,14(18)19)7-12(6-9)3-4-15/h1,15H,2-7H2. The summed E-state index contributed by atoms with van der Waals surface area (Å²) < 4.78 is 0. The summed E-state index contributed by atoms with van der Waals surface area (Å²) in [4.78, 5) is 23.3. The lowest BCUT2D eigenvalue weighted by molar-refractivity contribution is -0.620. The first-order valence-electron chi connectivity index (χ1n) is 5.85. The van der Waals surface area contributed by atoms with Crippen molar-refractivity contribution >= 4 is 11.6 Å². The highest BCUT2D eigenvalue weighted by Crippen LogP contribution is 2.45. The van der Waals surface area contributed by atoms with Gasteiger partial charge in [0.05, 0.1) is 31.1 Å². The molecule has 2 bridgehead atoms. The molecule has 1 N–H and O–H groups in total. The first kappa shape index (κ1) is 14.2. The first-order valence-corrected chi connectivity index (χ1v) is 6.22. The molecule has 2 aliphatic rings. The third-order valence-electron chi connectivity index (χ3n) is 3.88. The molecule has 2 rings (SSSR count). The Kier molecular flexibility index (Phi) is 3.50. The fourth-order valence-electron chi connectivity index (χ4n) is 2.97. The van der Waals surface area contributed by atoms with Crippen molar-refractivity contribution < 1.29 is 15.0 Å². The molecule has 0 radical (unpaired) electrons. The summed E-state index contributed by atoms with van der Waals surface area (Å²) in [7, 11) is 0. The summed E-state index contributed by atoms with van der Waals surface area (Å²) in [6.45, 7) is 0.0422. The molecule has 106 valence electrons. The molecule has 8 nitrogen and oxygen atoms in total. The Morgan fingerprint density at radius 3 is 2.58 bits per heavy atom. The van der Waals surface area contributed by atoms with Gasteiger partial charge in [0.1, 0.15) is 0 Å². The maximum absolute atomic E-state index is 11.4. The predicted molar refractivity (Wildman–Crippen MR) is 66.1 cm³/mol. The summed E-state index contributed by atoms with van der Waals surface area (Å²) in [6.07, 6.45) is 1.28. The topological polar surface area (TPSA) is 110 Å². The van der Waals surface area contributed by atoms with Gasteiger partial charge in [-0.05, 0) is 0 Å². The summed E-state index contributed by atoms with van der Waals surface area (Å²) in [5.41, 5.74) is -3.01. The minimum atomic E-state index is -1.62. The summed E-state index contributed by atoms with van der Waals surface area (Å²) in [5.74, 6) is 0. The Morgan fingerprint density at radius 1 is 1.37 bits per heavy atom. The van der Waals surface area contributed by atoms with Crippen LogP contribution >= 0.6 is 11.6 Å². The van der Waals surface area contributed by atoms with E-state index in [1.165, 1.54) is 6.08 Å². The molecule has 19 heavy (non-hydrogen) atoms. The van der Waals surface area contributed by atoms with Gasteiger partial charge in [0.15, 0.2) is 0 Å². The van der Waals surface area contributed by atoms with E-state index >= 15 is 0 Å². The minimum Gasteiger partial charge on any atom is -0.395 e. The highest BCUT2D eigenvalue weighted by molar-refractivity contribution is 6.30. The van der Waals surface area contributed by atoms with E-state index in [1.807, 2.05) is 0 Å². The average Bonchev–Trinajstić information content (AvgIpc) is 2.34. The van der Waals surface area contributed by atoms with E-state index in [4.69, 9.17) is 16.7 Å². The van der Waals surface area contributed by atoms with Gasteiger partial charge in [-0.3, -0.25) is 25.1 Å². The van der Waals surface area contributed by atoms with Crippen LogP contribution in [-0.4, -0.2) is 57.2 Å². The Labute approximate surface area is 113 Å². The number of aliphatic hydroxyl groups is 1. The van der Waals surface area contributed by atoms with Crippen LogP contribution in [0.5, 0.6) is 0 Å². The number of aliphatic hydroxyl groups excluding tert-OH is 1. The van der Waals surface area contributed by atoms with Crippen LogP contribution in [0.2, 0.25) is 0 Å². The molecule has 1 aliphatic heterocycles. The summed E-state index contributed by atoms with van der Waals surface area (Å²) in [6, 6.07) is 0. The molecule has 0 aromatic carbocycles. The first-order chi connectivity index (χ1) is 8.86. The number of rotatable bonds is 4. The van der Waals surface area contributed by atoms with Crippen LogP contribution in [-0.2, 0) is 0 Å². The smallest absolute Gasteiger partial charge is 0.276 e. The normalized spacial score (nSPS) is 34.7. The van der Waals surface area contributed by atoms with Crippen molar-refractivity contribution in [1.82, 2.24) is 4.90 Å². The predicted octanol–water partition coefficient (Wildman–Crippen LogP) is 0.242. The molecule has 0 aromatic heterocycles. The molecular formula is C10H14ClN3O5. The SMILES string of the molecule is O=[N+]([O-])C12CC=C(Cl)C([N+](=O)[O-])(CN(CCO)C1)C2. The zero-order valence-corrected chi connectivity index (χ0v) is 10.9. The molecular weight excluding hydrogens is 278 g/mol. The highest BCUT2D eigenvalue weighted by atomic mass is 35.5. The second-order valence-electron chi connectivity index (χ2n) is 5.14. The van der Waals surface area contributed by atoms with Crippen molar-refractivity contribution in [1.29, 1.82) is 0 Å². The minimum absolute atomic E-state index is 0.00845. The van der Waals surface area contributed by atoms with Crippen molar-refractivity contribution in [2.75, 3.05) is 26.2 Å². The molecule has 0 spiro atoms. The Morgan fingerprint density at radius 2 is 2.05 bits per heavy atom. The van der Waals surface area contributed by atoms with Crippen LogP contribution in [0.3, 0.4) is 0 Å². The molecule has 0 saturated carbocycles. The van der Waals surface area contributed by atoms with E-state index in [0.29, 0.717) is 0 Å². The number of nitrogens with zero attached hydrogens (tertiary/aromatic N) is 3. The molecule has 9 heteroatoms. The maximum Gasteiger partial charge on any atom is 0.276 e. The van der Waals surface area contributed by atoms with E-state index in [-0.39, 0.29) is 44.1 Å². The summed E-state index contributed by atoms with van der Waals surface area (Å²) in [5, 5.41) is 31.7. The van der Waals surface area contributed by atoms with Gasteiger partial charge in [-0.1, -0.05) is 17.7 Å². The number of halogens is 1. The van der Waals surface area contributed by atoms with Crippen LogP contribution < -0.4 is 0 Å². The number of nitro groups is 2. The van der Waals surface area contributed by atoms with Crippen LogP contribution in [0.15, 0.2) is 11.1 Å². The lowest BCUT2D eigenvalue weighted by atomic mass is 9.72. The van der Waals surface area contributed by atoms with Crippen molar-refractivity contribution in [3.8, 4) is 0 Å². The number of fused-ring (bicyclic) bond motifs is 2. The Bertz CT molecular complexity index is 456. The molecule has 1 heterocycles. The van der Waals surface area contributed by atoms with Crippen molar-refractivity contribution in [3.05, 3.63) is 31.3 Å². The zero-order valence-electron chi connectivity index (χ0n) is 10.1. The lowest BCUT2D eigenvalue weighted by Gasteiger charge is -2.44. The van der Waals surface area contributed by atoms with E-state index in [1.54, 1.807) is 4.90 Å². The third-order valence-corrected chi connectivity index (χ3v) is 4.39. The van der Waals surface area contributed by atoms with Gasteiger partial charge < -0.3 is 5.11 Å². The van der Waals surface area contributed by atoms with E-state index in [0.717, 1.165) is 0 Å². The molecule has 0 amide bonds. The van der Waals surface area contributed by atoms with Crippen molar-refractivity contribution in [2.45, 2.75) is 23.9 Å². The quantitative estimate of drug-likeness (QED) is 0.587. The van der Waals surface area contributed by atoms with Gasteiger partial charge in [-0.2, -0.15) is 0 Å². The third kappa shape index (κ3) is 2.09. The van der Waals surface area contributed by atoms with Crippen molar-refractivity contribution in [2.24, 2.45) is 0 Å². The van der Waals surface area contributed by atoms with E-state index in [9.17, 15) is 20.2 Å². The molecule has 1 fully saturated rings. The number of likely N-dealkylation sites (tertiary alicyclic amines) is 1. The number of hydrogen-bond acceptors (Lipinski definition) is 6. The Hall–Kier alpha value is -1.25. The molecule has 1 saturated heterocycles. The molecule has 2 atom stereocenters. The Balaban J connectivity index is 2.46. The van der Waals surface area contributed by atoms with Crippen LogP contribution in [0.4, 0.5) is 0 Å². The summed E-state index contributed by atoms with van der Waals surface area (Å²) >= 11 is 5.97. The van der Waals surface area contributed by atoms with Gasteiger partial charge in [0.25, 0.3) is 5.54 Å². The molecule has 1 aliphatic carbocycles. The van der Waals surface area contributed by atoms with Crippen LogP contribution in [0.1, 0.15) is 12.8 Å². The fourth-order valence-corrected chi connectivity index (χ4v) is 3.24. The van der Waals surface area contributed by atoms with Gasteiger partial charge in [0.2, 0.25) is 5.54 Å². The monoisotopic (exact) mass is 291 g/mol. The molecule has 0 aromatic rings. The van der Waals surface area contributed by atoms with Gasteiger partial charge in [0, 0.05) is 22.8 Å². The van der Waals surface area contributed by atoms with E-state index < -0.39 is 20.9 Å². The number of piperidine rings is 1. The highest BCUT2D eigenvalue weighted by Gasteiger charge is 2.65. The zero-order chi connectivity index (χ0) is 14.3. The van der Waals surface area contributed by atoms with Gasteiger partial charge in [-0.25, -0.2) is 0 Å². The van der Waals surface area contributed by atoms with Crippen LogP contribution in [0, 0.1) is 20.2 Å². The largest absolute Gasteiger partial charge is 0.395 e. The van der Waals surface area contributed by atoms with Gasteiger partial charge >= 0.3 is 0 Å². The second kappa shape index (κ2) is 4.69. The van der Waals surface area contributed by atoms with E-state index in [2.05, 4.69) is 0 Å². The number of hydrogen-bond donors (Lipinski definition) is 1. The van der Waals surface area contributed by atoms with Crippen molar-refractivity contribution in [3.63, 3.8) is 0 Å². The second-order valence-corrected chi connectivity index (χ2v) is 5.54. The maximum atomic E-state index is 11.4. The fraction of sp³-hybridized carbons (Fsp3) is 0.800. The molecule has 2 unspecified atom stereocenters. The lowest BCUT2D eigenvalue weighted by Crippen LogP contribution is -2.67. The van der Waals surface area contributed by atoms with Gasteiger partial charge in [-0.15, -0.1) is 0 Å².